The first kappa shape index (κ1) is 22.0. The zero-order valence-electron chi connectivity index (χ0n) is 16.0. The standard InChI is InChI=1S/C19H26N2O6/c1-5-10-20-19(24)21-17(22)12-26-18(23)9-7-14-6-8-15(27-13(2)3)16(11-14)25-4/h6-9,11,13H,5,10,12H2,1-4H3,(H2,20,21,22,24)/b9-7+. The van der Waals surface area contributed by atoms with Crippen LogP contribution in [0.2, 0.25) is 0 Å². The normalized spacial score (nSPS) is 10.6. The molecule has 148 valence electrons. The number of ether oxygens (including phenoxy) is 3. The van der Waals surface area contributed by atoms with Crippen molar-refractivity contribution in [2.75, 3.05) is 20.3 Å². The largest absolute Gasteiger partial charge is 0.493 e. The second-order valence-corrected chi connectivity index (χ2v) is 5.82. The van der Waals surface area contributed by atoms with Gasteiger partial charge in [0.15, 0.2) is 18.1 Å². The van der Waals surface area contributed by atoms with E-state index in [1.807, 2.05) is 20.8 Å². The van der Waals surface area contributed by atoms with Crippen LogP contribution in [-0.4, -0.2) is 44.3 Å². The van der Waals surface area contributed by atoms with Crippen LogP contribution in [0.4, 0.5) is 4.79 Å². The van der Waals surface area contributed by atoms with E-state index in [4.69, 9.17) is 14.2 Å². The van der Waals surface area contributed by atoms with Crippen LogP contribution in [0.5, 0.6) is 11.5 Å². The molecule has 0 saturated carbocycles. The monoisotopic (exact) mass is 378 g/mol. The molecule has 0 aromatic heterocycles. The van der Waals surface area contributed by atoms with Gasteiger partial charge in [0.2, 0.25) is 0 Å². The summed E-state index contributed by atoms with van der Waals surface area (Å²) in [4.78, 5) is 34.5. The summed E-state index contributed by atoms with van der Waals surface area (Å²) in [5.74, 6) is -0.273. The molecule has 0 aliphatic rings. The Morgan fingerprint density at radius 2 is 1.93 bits per heavy atom. The Bertz CT molecular complexity index is 685. The number of nitrogens with one attached hydrogen (secondary N) is 2. The van der Waals surface area contributed by atoms with Gasteiger partial charge in [-0.2, -0.15) is 0 Å². The van der Waals surface area contributed by atoms with Gasteiger partial charge in [-0.3, -0.25) is 10.1 Å². The number of rotatable bonds is 9. The van der Waals surface area contributed by atoms with E-state index >= 15 is 0 Å². The average molecular weight is 378 g/mol. The van der Waals surface area contributed by atoms with Crippen LogP contribution in [0.25, 0.3) is 6.08 Å². The number of esters is 1. The molecular formula is C19H26N2O6. The van der Waals surface area contributed by atoms with Gasteiger partial charge in [-0.25, -0.2) is 9.59 Å². The Balaban J connectivity index is 2.53. The Hall–Kier alpha value is -3.03. The summed E-state index contributed by atoms with van der Waals surface area (Å²) in [5, 5.41) is 4.54. The number of hydrogen-bond donors (Lipinski definition) is 2. The Kier molecular flexibility index (Phi) is 9.42. The van der Waals surface area contributed by atoms with Crippen molar-refractivity contribution in [3.05, 3.63) is 29.8 Å². The van der Waals surface area contributed by atoms with Crippen molar-refractivity contribution in [1.82, 2.24) is 10.6 Å². The van der Waals surface area contributed by atoms with Gasteiger partial charge >= 0.3 is 12.0 Å². The molecule has 27 heavy (non-hydrogen) atoms. The van der Waals surface area contributed by atoms with Gasteiger partial charge in [-0.1, -0.05) is 13.0 Å². The van der Waals surface area contributed by atoms with Gasteiger partial charge in [0.1, 0.15) is 0 Å². The van der Waals surface area contributed by atoms with Gasteiger partial charge in [0, 0.05) is 12.6 Å². The maximum atomic E-state index is 11.7. The molecule has 0 aliphatic carbocycles. The smallest absolute Gasteiger partial charge is 0.331 e. The number of amides is 3. The first-order valence-corrected chi connectivity index (χ1v) is 8.63. The Morgan fingerprint density at radius 1 is 1.19 bits per heavy atom. The van der Waals surface area contributed by atoms with Gasteiger partial charge < -0.3 is 19.5 Å². The lowest BCUT2D eigenvalue weighted by Crippen LogP contribution is -2.41. The number of hydrogen-bond acceptors (Lipinski definition) is 6. The van der Waals surface area contributed by atoms with Crippen LogP contribution in [0.15, 0.2) is 24.3 Å². The van der Waals surface area contributed by atoms with Crippen molar-refractivity contribution < 1.29 is 28.6 Å². The van der Waals surface area contributed by atoms with Crippen molar-refractivity contribution in [1.29, 1.82) is 0 Å². The summed E-state index contributed by atoms with van der Waals surface area (Å²) in [6.07, 6.45) is 3.46. The van der Waals surface area contributed by atoms with Crippen molar-refractivity contribution >= 4 is 24.0 Å². The summed E-state index contributed by atoms with van der Waals surface area (Å²) < 4.78 is 15.7. The minimum absolute atomic E-state index is 0.00507. The molecule has 0 fully saturated rings. The molecule has 0 atom stereocenters. The molecule has 8 heteroatoms. The summed E-state index contributed by atoms with van der Waals surface area (Å²) in [5.41, 5.74) is 0.698. The molecule has 1 aromatic rings. The summed E-state index contributed by atoms with van der Waals surface area (Å²) in [7, 11) is 1.53. The lowest BCUT2D eigenvalue weighted by Gasteiger charge is -2.13. The fourth-order valence-electron chi connectivity index (χ4n) is 1.93. The number of carbonyl (C=O) groups is 3. The molecule has 0 saturated heterocycles. The highest BCUT2D eigenvalue weighted by Crippen LogP contribution is 2.29. The van der Waals surface area contributed by atoms with E-state index in [0.717, 1.165) is 6.42 Å². The fraction of sp³-hybridized carbons (Fsp3) is 0.421. The third-order valence-electron chi connectivity index (χ3n) is 3.10. The van der Waals surface area contributed by atoms with Crippen molar-refractivity contribution in [2.24, 2.45) is 0 Å². The van der Waals surface area contributed by atoms with Crippen LogP contribution < -0.4 is 20.1 Å². The first-order valence-electron chi connectivity index (χ1n) is 8.63. The molecule has 0 bridgehead atoms. The fourth-order valence-corrected chi connectivity index (χ4v) is 1.93. The second-order valence-electron chi connectivity index (χ2n) is 5.82. The maximum Gasteiger partial charge on any atom is 0.331 e. The molecule has 0 aliphatic heterocycles. The van der Waals surface area contributed by atoms with E-state index in [9.17, 15) is 14.4 Å². The molecule has 0 heterocycles. The lowest BCUT2D eigenvalue weighted by molar-refractivity contribution is -0.143. The molecule has 1 aromatic carbocycles. The highest BCUT2D eigenvalue weighted by atomic mass is 16.5. The summed E-state index contributed by atoms with van der Waals surface area (Å²) >= 11 is 0. The molecule has 8 nitrogen and oxygen atoms in total. The highest BCUT2D eigenvalue weighted by Gasteiger charge is 2.10. The van der Waals surface area contributed by atoms with E-state index in [1.165, 1.54) is 19.3 Å². The molecule has 2 N–H and O–H groups in total. The highest BCUT2D eigenvalue weighted by molar-refractivity contribution is 5.96. The van der Waals surface area contributed by atoms with E-state index in [2.05, 4.69) is 10.6 Å². The van der Waals surface area contributed by atoms with Crippen molar-refractivity contribution in [2.45, 2.75) is 33.3 Å². The van der Waals surface area contributed by atoms with Crippen LogP contribution >= 0.6 is 0 Å². The SMILES string of the molecule is CCCNC(=O)NC(=O)COC(=O)/C=C/c1ccc(OC(C)C)c(OC)c1. The molecule has 0 unspecified atom stereocenters. The van der Waals surface area contributed by atoms with Gasteiger partial charge in [-0.05, 0) is 44.0 Å². The van der Waals surface area contributed by atoms with Gasteiger partial charge in [0.25, 0.3) is 5.91 Å². The molecule has 3 amide bonds. The third-order valence-corrected chi connectivity index (χ3v) is 3.10. The van der Waals surface area contributed by atoms with E-state index < -0.39 is 24.5 Å². The summed E-state index contributed by atoms with van der Waals surface area (Å²) in [6, 6.07) is 4.59. The maximum absolute atomic E-state index is 11.7. The minimum Gasteiger partial charge on any atom is -0.493 e. The number of urea groups is 1. The van der Waals surface area contributed by atoms with Crippen LogP contribution in [0.3, 0.4) is 0 Å². The van der Waals surface area contributed by atoms with E-state index in [1.54, 1.807) is 18.2 Å². The lowest BCUT2D eigenvalue weighted by atomic mass is 10.2. The van der Waals surface area contributed by atoms with Crippen molar-refractivity contribution in [3.63, 3.8) is 0 Å². The second kappa shape index (κ2) is 11.6. The number of benzene rings is 1. The predicted octanol–water partition coefficient (Wildman–Crippen LogP) is 2.27. The summed E-state index contributed by atoms with van der Waals surface area (Å²) in [6.45, 7) is 5.61. The Labute approximate surface area is 158 Å². The number of imide groups is 1. The van der Waals surface area contributed by atoms with Crippen LogP contribution in [0.1, 0.15) is 32.8 Å². The van der Waals surface area contributed by atoms with Gasteiger partial charge in [-0.15, -0.1) is 0 Å². The van der Waals surface area contributed by atoms with Crippen LogP contribution in [-0.2, 0) is 14.3 Å². The van der Waals surface area contributed by atoms with E-state index in [0.29, 0.717) is 23.6 Å². The zero-order chi connectivity index (χ0) is 20.2. The minimum atomic E-state index is -0.708. The third kappa shape index (κ3) is 8.75. The zero-order valence-corrected chi connectivity index (χ0v) is 16.0. The quantitative estimate of drug-likeness (QED) is 0.505. The molecule has 0 radical (unpaired) electrons. The van der Waals surface area contributed by atoms with Gasteiger partial charge in [0.05, 0.1) is 13.2 Å². The average Bonchev–Trinajstić information content (AvgIpc) is 2.63. The Morgan fingerprint density at radius 3 is 2.56 bits per heavy atom. The number of carbonyl (C=O) groups excluding carboxylic acids is 3. The predicted molar refractivity (Wildman–Crippen MR) is 101 cm³/mol. The first-order chi connectivity index (χ1) is 12.8. The number of methoxy groups -OCH3 is 1. The molecule has 1 rings (SSSR count). The van der Waals surface area contributed by atoms with Crippen molar-refractivity contribution in [3.8, 4) is 11.5 Å². The molecular weight excluding hydrogens is 352 g/mol. The van der Waals surface area contributed by atoms with E-state index in [-0.39, 0.29) is 6.10 Å². The molecule has 0 spiro atoms. The topological polar surface area (TPSA) is 103 Å². The van der Waals surface area contributed by atoms with Crippen LogP contribution in [0, 0.1) is 0 Å².